The van der Waals surface area contributed by atoms with Gasteiger partial charge in [-0.15, -0.1) is 0 Å². The van der Waals surface area contributed by atoms with Crippen LogP contribution in [0.3, 0.4) is 0 Å². The number of likely N-dealkylation sites (tertiary alicyclic amines) is 1. The molecule has 5 nitrogen and oxygen atoms in total. The molecule has 0 bridgehead atoms. The van der Waals surface area contributed by atoms with Crippen molar-refractivity contribution in [3.8, 4) is 0 Å². The maximum absolute atomic E-state index is 12.2. The molecule has 0 spiro atoms. The highest BCUT2D eigenvalue weighted by molar-refractivity contribution is 5.78. The van der Waals surface area contributed by atoms with Gasteiger partial charge < -0.3 is 15.2 Å². The van der Waals surface area contributed by atoms with Crippen molar-refractivity contribution in [1.82, 2.24) is 10.2 Å². The third kappa shape index (κ3) is 5.89. The summed E-state index contributed by atoms with van der Waals surface area (Å²) in [4.78, 5) is 14.2. The number of hydrogen-bond donors (Lipinski definition) is 2. The monoisotopic (exact) mass is 334 g/mol. The third-order valence-corrected chi connectivity index (χ3v) is 4.57. The Balaban J connectivity index is 1.79. The van der Waals surface area contributed by atoms with Crippen LogP contribution in [0.4, 0.5) is 0 Å². The van der Waals surface area contributed by atoms with Gasteiger partial charge in [0.25, 0.3) is 0 Å². The van der Waals surface area contributed by atoms with Crippen molar-refractivity contribution in [2.24, 2.45) is 5.92 Å². The second kappa shape index (κ2) is 9.77. The topological polar surface area (TPSA) is 61.8 Å². The summed E-state index contributed by atoms with van der Waals surface area (Å²) in [5.41, 5.74) is 2.21. The van der Waals surface area contributed by atoms with Gasteiger partial charge in [-0.05, 0) is 36.4 Å². The van der Waals surface area contributed by atoms with Crippen molar-refractivity contribution < 1.29 is 14.6 Å². The minimum atomic E-state index is -0.331. The zero-order chi connectivity index (χ0) is 17.4. The summed E-state index contributed by atoms with van der Waals surface area (Å²) in [6.07, 6.45) is 1.61. The molecule has 1 saturated heterocycles. The van der Waals surface area contributed by atoms with Crippen LogP contribution in [0.5, 0.6) is 0 Å². The lowest BCUT2D eigenvalue weighted by atomic mass is 9.96. The van der Waals surface area contributed by atoms with Crippen molar-refractivity contribution in [2.75, 3.05) is 26.2 Å². The average Bonchev–Trinajstić information content (AvgIpc) is 2.57. The van der Waals surface area contributed by atoms with E-state index in [1.807, 2.05) is 29.2 Å². The molecule has 1 aromatic carbocycles. The average molecular weight is 334 g/mol. The molecule has 5 heteroatoms. The number of rotatable bonds is 8. The first-order valence-corrected chi connectivity index (χ1v) is 8.91. The van der Waals surface area contributed by atoms with Crippen LogP contribution in [0.15, 0.2) is 24.3 Å². The van der Waals surface area contributed by atoms with Crippen LogP contribution in [0.1, 0.15) is 37.8 Å². The van der Waals surface area contributed by atoms with Gasteiger partial charge in [0.05, 0.1) is 19.3 Å². The van der Waals surface area contributed by atoms with Gasteiger partial charge in [-0.1, -0.05) is 38.1 Å². The molecule has 1 aliphatic heterocycles. The minimum Gasteiger partial charge on any atom is -0.392 e. The molecule has 1 fully saturated rings. The number of benzene rings is 1. The van der Waals surface area contributed by atoms with Gasteiger partial charge in [0.15, 0.2) is 0 Å². The second-order valence-corrected chi connectivity index (χ2v) is 6.67. The van der Waals surface area contributed by atoms with Crippen molar-refractivity contribution in [3.05, 3.63) is 35.4 Å². The Hall–Kier alpha value is -1.43. The summed E-state index contributed by atoms with van der Waals surface area (Å²) in [7, 11) is 0. The molecule has 134 valence electrons. The van der Waals surface area contributed by atoms with Crippen molar-refractivity contribution in [3.63, 3.8) is 0 Å². The summed E-state index contributed by atoms with van der Waals surface area (Å²) in [6.45, 7) is 7.77. The van der Waals surface area contributed by atoms with Gasteiger partial charge in [0.2, 0.25) is 5.91 Å². The fourth-order valence-corrected chi connectivity index (χ4v) is 2.91. The summed E-state index contributed by atoms with van der Waals surface area (Å²) >= 11 is 0. The molecule has 0 aliphatic carbocycles. The van der Waals surface area contributed by atoms with Crippen LogP contribution in [0.2, 0.25) is 0 Å². The molecule has 2 atom stereocenters. The van der Waals surface area contributed by atoms with Crippen LogP contribution in [-0.2, 0) is 22.7 Å². The lowest BCUT2D eigenvalue weighted by molar-refractivity contribution is -0.123. The van der Waals surface area contributed by atoms with Crippen LogP contribution >= 0.6 is 0 Å². The largest absolute Gasteiger partial charge is 0.392 e. The molecule has 1 heterocycles. The van der Waals surface area contributed by atoms with Crippen LogP contribution in [-0.4, -0.2) is 48.3 Å². The first-order valence-electron chi connectivity index (χ1n) is 8.91. The molecule has 1 aromatic rings. The third-order valence-electron chi connectivity index (χ3n) is 4.57. The van der Waals surface area contributed by atoms with E-state index in [4.69, 9.17) is 4.74 Å². The predicted molar refractivity (Wildman–Crippen MR) is 94.5 cm³/mol. The SMILES string of the molecule is CCCOCc1ccccc1CNC(=O)CN1CCC(C)C(O)C1. The number of hydrogen-bond acceptors (Lipinski definition) is 4. The fourth-order valence-electron chi connectivity index (χ4n) is 2.91. The number of carbonyl (C=O) groups is 1. The fraction of sp³-hybridized carbons (Fsp3) is 0.632. The number of ether oxygens (including phenoxy) is 1. The van der Waals surface area contributed by atoms with E-state index < -0.39 is 0 Å². The highest BCUT2D eigenvalue weighted by atomic mass is 16.5. The smallest absolute Gasteiger partial charge is 0.234 e. The van der Waals surface area contributed by atoms with Crippen LogP contribution in [0, 0.1) is 5.92 Å². The molecular weight excluding hydrogens is 304 g/mol. The van der Waals surface area contributed by atoms with E-state index in [1.54, 1.807) is 0 Å². The van der Waals surface area contributed by atoms with Gasteiger partial charge >= 0.3 is 0 Å². The van der Waals surface area contributed by atoms with E-state index in [9.17, 15) is 9.90 Å². The van der Waals surface area contributed by atoms with Gasteiger partial charge in [0.1, 0.15) is 0 Å². The van der Waals surface area contributed by atoms with E-state index in [-0.39, 0.29) is 12.0 Å². The number of nitrogens with one attached hydrogen (secondary N) is 1. The Kier molecular flexibility index (Phi) is 7.69. The van der Waals surface area contributed by atoms with E-state index in [2.05, 4.69) is 19.2 Å². The molecule has 2 N–H and O–H groups in total. The minimum absolute atomic E-state index is 0.000956. The van der Waals surface area contributed by atoms with Crippen LogP contribution in [0.25, 0.3) is 0 Å². The zero-order valence-electron chi connectivity index (χ0n) is 14.8. The highest BCUT2D eigenvalue weighted by Gasteiger charge is 2.25. The van der Waals surface area contributed by atoms with Crippen molar-refractivity contribution in [2.45, 2.75) is 45.9 Å². The van der Waals surface area contributed by atoms with E-state index >= 15 is 0 Å². The number of aliphatic hydroxyl groups excluding tert-OH is 1. The second-order valence-electron chi connectivity index (χ2n) is 6.67. The number of carbonyl (C=O) groups excluding carboxylic acids is 1. The molecular formula is C19H30N2O3. The summed E-state index contributed by atoms with van der Waals surface area (Å²) in [6, 6.07) is 8.04. The summed E-state index contributed by atoms with van der Waals surface area (Å²) in [5, 5.41) is 12.9. The van der Waals surface area contributed by atoms with Crippen molar-refractivity contribution in [1.29, 1.82) is 0 Å². The molecule has 0 saturated carbocycles. The molecule has 0 radical (unpaired) electrons. The molecule has 2 unspecified atom stereocenters. The lowest BCUT2D eigenvalue weighted by Gasteiger charge is -2.33. The maximum atomic E-state index is 12.2. The van der Waals surface area contributed by atoms with Gasteiger partial charge in [0, 0.05) is 19.7 Å². The van der Waals surface area contributed by atoms with Gasteiger partial charge in [-0.3, -0.25) is 9.69 Å². The molecule has 24 heavy (non-hydrogen) atoms. The number of β-amino-alcohol motifs (C(OH)–C–C–N with tert-alkyl or cyclic N) is 1. The Morgan fingerprint density at radius 2 is 2.12 bits per heavy atom. The van der Waals surface area contributed by atoms with Gasteiger partial charge in [-0.25, -0.2) is 0 Å². The Bertz CT molecular complexity index is 521. The molecule has 2 rings (SSSR count). The van der Waals surface area contributed by atoms with Gasteiger partial charge in [-0.2, -0.15) is 0 Å². The number of aliphatic hydroxyl groups is 1. The summed E-state index contributed by atoms with van der Waals surface area (Å²) < 4.78 is 5.61. The standard InChI is InChI=1S/C19H30N2O3/c1-3-10-24-14-17-7-5-4-6-16(17)11-20-19(23)13-21-9-8-15(2)18(22)12-21/h4-7,15,18,22H,3,8-14H2,1-2H3,(H,20,23). The first kappa shape index (κ1) is 18.9. The lowest BCUT2D eigenvalue weighted by Crippen LogP contribution is -2.46. The number of amides is 1. The Labute approximate surface area is 145 Å². The first-order chi connectivity index (χ1) is 11.6. The van der Waals surface area contributed by atoms with E-state index in [1.165, 1.54) is 0 Å². The van der Waals surface area contributed by atoms with E-state index in [0.717, 1.165) is 37.1 Å². The molecule has 0 aromatic heterocycles. The van der Waals surface area contributed by atoms with Crippen molar-refractivity contribution >= 4 is 5.91 Å². The molecule has 1 aliphatic rings. The normalized spacial score (nSPS) is 21.6. The number of nitrogens with zero attached hydrogens (tertiary/aromatic N) is 1. The van der Waals surface area contributed by atoms with Crippen LogP contribution < -0.4 is 5.32 Å². The Morgan fingerprint density at radius 3 is 2.83 bits per heavy atom. The zero-order valence-corrected chi connectivity index (χ0v) is 14.8. The Morgan fingerprint density at radius 1 is 1.38 bits per heavy atom. The molecule has 1 amide bonds. The predicted octanol–water partition coefficient (Wildman–Crippen LogP) is 1.93. The number of piperidine rings is 1. The van der Waals surface area contributed by atoms with E-state index in [0.29, 0.717) is 32.2 Å². The highest BCUT2D eigenvalue weighted by Crippen LogP contribution is 2.16. The quantitative estimate of drug-likeness (QED) is 0.713. The summed E-state index contributed by atoms with van der Waals surface area (Å²) in [5.74, 6) is 0.320. The maximum Gasteiger partial charge on any atom is 0.234 e.